The standard InChI is InChI=1S/C15H25N3S/c1-11(2)14-9-17-13(12-3-4-12)10-18(14)7-5-15-16-6-8-19-15/h6,8,11-14,17H,3-5,7,9-10H2,1-2H3. The zero-order valence-corrected chi connectivity index (χ0v) is 12.8. The van der Waals surface area contributed by atoms with Crippen LogP contribution >= 0.6 is 11.3 Å². The molecule has 1 aliphatic heterocycles. The monoisotopic (exact) mass is 279 g/mol. The van der Waals surface area contributed by atoms with E-state index in [9.17, 15) is 0 Å². The lowest BCUT2D eigenvalue weighted by Gasteiger charge is -2.42. The lowest BCUT2D eigenvalue weighted by Crippen LogP contribution is -2.59. The third-order valence-electron chi connectivity index (χ3n) is 4.55. The third-order valence-corrected chi connectivity index (χ3v) is 5.39. The Kier molecular flexibility index (Phi) is 4.20. The van der Waals surface area contributed by atoms with Crippen LogP contribution < -0.4 is 5.32 Å². The second kappa shape index (κ2) is 5.90. The zero-order chi connectivity index (χ0) is 13.2. The van der Waals surface area contributed by atoms with Gasteiger partial charge in [0.25, 0.3) is 0 Å². The van der Waals surface area contributed by atoms with Crippen LogP contribution in [-0.4, -0.2) is 41.6 Å². The molecule has 2 unspecified atom stereocenters. The van der Waals surface area contributed by atoms with Crippen LogP contribution in [0.15, 0.2) is 11.6 Å². The van der Waals surface area contributed by atoms with E-state index in [1.807, 2.05) is 6.20 Å². The summed E-state index contributed by atoms with van der Waals surface area (Å²) in [5.74, 6) is 1.68. The van der Waals surface area contributed by atoms with Crippen molar-refractivity contribution < 1.29 is 0 Å². The highest BCUT2D eigenvalue weighted by atomic mass is 32.1. The van der Waals surface area contributed by atoms with Crippen LogP contribution in [0.4, 0.5) is 0 Å². The van der Waals surface area contributed by atoms with Gasteiger partial charge < -0.3 is 5.32 Å². The van der Waals surface area contributed by atoms with E-state index < -0.39 is 0 Å². The van der Waals surface area contributed by atoms with Crippen molar-refractivity contribution in [3.8, 4) is 0 Å². The number of rotatable bonds is 5. The molecule has 1 saturated heterocycles. The fourth-order valence-corrected chi connectivity index (χ4v) is 3.81. The van der Waals surface area contributed by atoms with E-state index in [1.54, 1.807) is 11.3 Å². The summed E-state index contributed by atoms with van der Waals surface area (Å²) in [5.41, 5.74) is 0. The molecule has 0 radical (unpaired) electrons. The molecule has 2 atom stereocenters. The maximum Gasteiger partial charge on any atom is 0.0937 e. The number of thiazole rings is 1. The molecule has 4 heteroatoms. The highest BCUT2D eigenvalue weighted by molar-refractivity contribution is 7.09. The van der Waals surface area contributed by atoms with E-state index in [4.69, 9.17) is 0 Å². The number of hydrogen-bond acceptors (Lipinski definition) is 4. The van der Waals surface area contributed by atoms with Gasteiger partial charge in [-0.3, -0.25) is 4.90 Å². The smallest absolute Gasteiger partial charge is 0.0937 e. The molecule has 1 aromatic rings. The lowest BCUT2D eigenvalue weighted by molar-refractivity contribution is 0.0935. The van der Waals surface area contributed by atoms with Gasteiger partial charge in [-0.25, -0.2) is 4.98 Å². The molecule has 1 saturated carbocycles. The Labute approximate surface area is 120 Å². The predicted molar refractivity (Wildman–Crippen MR) is 80.5 cm³/mol. The molecule has 2 aliphatic rings. The number of aromatic nitrogens is 1. The normalized spacial score (nSPS) is 29.0. The average molecular weight is 279 g/mol. The molecule has 3 nitrogen and oxygen atoms in total. The number of hydrogen-bond donors (Lipinski definition) is 1. The lowest BCUT2D eigenvalue weighted by atomic mass is 9.97. The molecular weight excluding hydrogens is 254 g/mol. The Bertz CT molecular complexity index is 386. The molecule has 0 bridgehead atoms. The molecule has 1 aromatic heterocycles. The topological polar surface area (TPSA) is 28.2 Å². The van der Waals surface area contributed by atoms with Crippen LogP contribution in [-0.2, 0) is 6.42 Å². The van der Waals surface area contributed by atoms with Gasteiger partial charge in [-0.05, 0) is 24.7 Å². The summed E-state index contributed by atoms with van der Waals surface area (Å²) in [4.78, 5) is 7.13. The Morgan fingerprint density at radius 1 is 1.47 bits per heavy atom. The van der Waals surface area contributed by atoms with Crippen molar-refractivity contribution in [1.29, 1.82) is 0 Å². The minimum Gasteiger partial charge on any atom is -0.311 e. The van der Waals surface area contributed by atoms with Crippen LogP contribution in [0.3, 0.4) is 0 Å². The minimum absolute atomic E-state index is 0.690. The zero-order valence-electron chi connectivity index (χ0n) is 12.0. The first-order chi connectivity index (χ1) is 9.24. The van der Waals surface area contributed by atoms with Crippen LogP contribution in [0.5, 0.6) is 0 Å². The molecule has 1 aliphatic carbocycles. The van der Waals surface area contributed by atoms with Gasteiger partial charge in [0.2, 0.25) is 0 Å². The second-order valence-corrected chi connectivity index (χ2v) is 7.31. The van der Waals surface area contributed by atoms with Gasteiger partial charge in [0.05, 0.1) is 5.01 Å². The van der Waals surface area contributed by atoms with Crippen LogP contribution in [0, 0.1) is 11.8 Å². The summed E-state index contributed by atoms with van der Waals surface area (Å²) < 4.78 is 0. The van der Waals surface area contributed by atoms with Gasteiger partial charge in [-0.2, -0.15) is 0 Å². The molecule has 106 valence electrons. The Balaban J connectivity index is 1.59. The second-order valence-electron chi connectivity index (χ2n) is 6.33. The molecule has 3 rings (SSSR count). The minimum atomic E-state index is 0.690. The highest BCUT2D eigenvalue weighted by Gasteiger charge is 2.37. The van der Waals surface area contributed by atoms with Crippen molar-refractivity contribution in [2.24, 2.45) is 11.8 Å². The fourth-order valence-electron chi connectivity index (χ4n) is 3.20. The SMILES string of the molecule is CC(C)C1CNC(C2CC2)CN1CCc1nccs1. The van der Waals surface area contributed by atoms with Crippen LogP contribution in [0.25, 0.3) is 0 Å². The number of nitrogens with zero attached hydrogens (tertiary/aromatic N) is 2. The molecule has 2 heterocycles. The molecular formula is C15H25N3S. The van der Waals surface area contributed by atoms with Gasteiger partial charge in [0.1, 0.15) is 0 Å². The van der Waals surface area contributed by atoms with Crippen molar-refractivity contribution in [1.82, 2.24) is 15.2 Å². The van der Waals surface area contributed by atoms with E-state index in [-0.39, 0.29) is 0 Å². The van der Waals surface area contributed by atoms with Crippen molar-refractivity contribution in [2.45, 2.75) is 45.2 Å². The Morgan fingerprint density at radius 3 is 2.95 bits per heavy atom. The van der Waals surface area contributed by atoms with Crippen molar-refractivity contribution in [3.63, 3.8) is 0 Å². The predicted octanol–water partition coefficient (Wildman–Crippen LogP) is 2.39. The van der Waals surface area contributed by atoms with Crippen molar-refractivity contribution >= 4 is 11.3 Å². The first kappa shape index (κ1) is 13.5. The van der Waals surface area contributed by atoms with E-state index in [2.05, 4.69) is 34.4 Å². The van der Waals surface area contributed by atoms with E-state index in [0.717, 1.165) is 30.8 Å². The van der Waals surface area contributed by atoms with Gasteiger partial charge in [0.15, 0.2) is 0 Å². The van der Waals surface area contributed by atoms with Gasteiger partial charge >= 0.3 is 0 Å². The van der Waals surface area contributed by atoms with E-state index in [0.29, 0.717) is 6.04 Å². The maximum atomic E-state index is 4.41. The molecule has 2 fully saturated rings. The van der Waals surface area contributed by atoms with Crippen LogP contribution in [0.1, 0.15) is 31.7 Å². The molecule has 0 aromatic carbocycles. The van der Waals surface area contributed by atoms with E-state index >= 15 is 0 Å². The first-order valence-corrected chi connectivity index (χ1v) is 8.48. The summed E-state index contributed by atoms with van der Waals surface area (Å²) in [6, 6.07) is 1.43. The average Bonchev–Trinajstić information content (AvgIpc) is 3.13. The summed E-state index contributed by atoms with van der Waals surface area (Å²) >= 11 is 1.79. The maximum absolute atomic E-state index is 4.41. The number of nitrogens with one attached hydrogen (secondary N) is 1. The summed E-state index contributed by atoms with van der Waals surface area (Å²) in [6.07, 6.45) is 5.90. The largest absolute Gasteiger partial charge is 0.311 e. The summed E-state index contributed by atoms with van der Waals surface area (Å²) in [5, 5.41) is 7.15. The summed E-state index contributed by atoms with van der Waals surface area (Å²) in [7, 11) is 0. The van der Waals surface area contributed by atoms with Crippen molar-refractivity contribution in [3.05, 3.63) is 16.6 Å². The Morgan fingerprint density at radius 2 is 2.32 bits per heavy atom. The fraction of sp³-hybridized carbons (Fsp3) is 0.800. The molecule has 0 amide bonds. The third kappa shape index (κ3) is 3.36. The highest BCUT2D eigenvalue weighted by Crippen LogP contribution is 2.34. The van der Waals surface area contributed by atoms with Gasteiger partial charge in [0, 0.05) is 49.7 Å². The summed E-state index contributed by atoms with van der Waals surface area (Å²) in [6.45, 7) is 8.26. The van der Waals surface area contributed by atoms with Gasteiger partial charge in [-0.15, -0.1) is 11.3 Å². The molecule has 19 heavy (non-hydrogen) atoms. The van der Waals surface area contributed by atoms with Crippen LogP contribution in [0.2, 0.25) is 0 Å². The Hall–Kier alpha value is -0.450. The molecule has 0 spiro atoms. The van der Waals surface area contributed by atoms with Gasteiger partial charge in [-0.1, -0.05) is 13.8 Å². The van der Waals surface area contributed by atoms with Crippen molar-refractivity contribution in [2.75, 3.05) is 19.6 Å². The first-order valence-electron chi connectivity index (χ1n) is 7.60. The quantitative estimate of drug-likeness (QED) is 0.897. The number of piperazine rings is 1. The molecule has 1 N–H and O–H groups in total. The van der Waals surface area contributed by atoms with E-state index in [1.165, 1.54) is 30.9 Å².